The second-order valence-electron chi connectivity index (χ2n) is 5.16. The van der Waals surface area contributed by atoms with Crippen molar-refractivity contribution in [2.45, 2.75) is 23.8 Å². The number of rotatable bonds is 7. The summed E-state index contributed by atoms with van der Waals surface area (Å²) in [5.74, 6) is -0.0901. The molecule has 134 valence electrons. The maximum Gasteiger partial charge on any atom is 0.319 e. The molecule has 2 aromatic rings. The lowest BCUT2D eigenvalue weighted by Gasteiger charge is -2.08. The molecule has 3 amide bonds. The zero-order valence-corrected chi connectivity index (χ0v) is 15.7. The largest absolute Gasteiger partial charge is 0.392 e. The van der Waals surface area contributed by atoms with Crippen LogP contribution in [0.1, 0.15) is 22.8 Å². The SMILES string of the molecule is CC(O)CNC(=O)Nc1snc(SCc2ccc(Cl)cc2)c1C(N)=O. The molecule has 0 aliphatic carbocycles. The van der Waals surface area contributed by atoms with Gasteiger partial charge < -0.3 is 16.2 Å². The van der Waals surface area contributed by atoms with Gasteiger partial charge in [0.25, 0.3) is 5.91 Å². The number of nitrogens with two attached hydrogens (primary N) is 1. The summed E-state index contributed by atoms with van der Waals surface area (Å²) >= 11 is 8.17. The predicted molar refractivity (Wildman–Crippen MR) is 100 cm³/mol. The van der Waals surface area contributed by atoms with E-state index in [2.05, 4.69) is 15.0 Å². The number of benzene rings is 1. The van der Waals surface area contributed by atoms with Crippen LogP contribution in [-0.2, 0) is 5.75 Å². The minimum atomic E-state index is -0.673. The Bertz CT molecular complexity index is 750. The number of hydrogen-bond donors (Lipinski definition) is 4. The van der Waals surface area contributed by atoms with Crippen molar-refractivity contribution >= 4 is 51.8 Å². The average Bonchev–Trinajstić information content (AvgIpc) is 2.95. The van der Waals surface area contributed by atoms with Gasteiger partial charge in [0.15, 0.2) is 0 Å². The van der Waals surface area contributed by atoms with E-state index >= 15 is 0 Å². The molecule has 0 saturated carbocycles. The van der Waals surface area contributed by atoms with E-state index in [-0.39, 0.29) is 17.1 Å². The van der Waals surface area contributed by atoms with E-state index in [4.69, 9.17) is 17.3 Å². The number of urea groups is 1. The molecular weight excluding hydrogens is 384 g/mol. The van der Waals surface area contributed by atoms with Crippen molar-refractivity contribution in [3.05, 3.63) is 40.4 Å². The number of aromatic nitrogens is 1. The Hall–Kier alpha value is -1.81. The molecule has 0 fully saturated rings. The molecule has 0 radical (unpaired) electrons. The van der Waals surface area contributed by atoms with E-state index in [0.29, 0.717) is 15.8 Å². The summed E-state index contributed by atoms with van der Waals surface area (Å²) in [7, 11) is 0. The van der Waals surface area contributed by atoms with Crippen LogP contribution in [0, 0.1) is 0 Å². The Labute approximate surface area is 158 Å². The van der Waals surface area contributed by atoms with Crippen LogP contribution in [0.15, 0.2) is 29.3 Å². The lowest BCUT2D eigenvalue weighted by atomic mass is 10.2. The fourth-order valence-corrected chi connectivity index (χ4v) is 3.85. The molecule has 0 saturated heterocycles. The van der Waals surface area contributed by atoms with E-state index in [1.165, 1.54) is 11.8 Å². The molecule has 1 unspecified atom stereocenters. The van der Waals surface area contributed by atoms with Crippen LogP contribution in [0.2, 0.25) is 5.02 Å². The quantitative estimate of drug-likeness (QED) is 0.533. The number of carbonyl (C=O) groups excluding carboxylic acids is 2. The number of aliphatic hydroxyl groups excluding tert-OH is 1. The Kier molecular flexibility index (Phi) is 7.06. The molecule has 0 aliphatic rings. The normalized spacial score (nSPS) is 11.8. The summed E-state index contributed by atoms with van der Waals surface area (Å²) < 4.78 is 4.20. The number of halogens is 1. The van der Waals surface area contributed by atoms with Crippen molar-refractivity contribution in [2.24, 2.45) is 5.73 Å². The molecule has 0 bridgehead atoms. The zero-order chi connectivity index (χ0) is 18.4. The maximum absolute atomic E-state index is 11.8. The van der Waals surface area contributed by atoms with E-state index in [1.807, 2.05) is 12.1 Å². The summed E-state index contributed by atoms with van der Waals surface area (Å²) in [6, 6.07) is 6.80. The van der Waals surface area contributed by atoms with Crippen molar-refractivity contribution in [1.29, 1.82) is 0 Å². The van der Waals surface area contributed by atoms with Crippen LogP contribution < -0.4 is 16.4 Å². The summed E-state index contributed by atoms with van der Waals surface area (Å²) in [4.78, 5) is 23.5. The van der Waals surface area contributed by atoms with E-state index in [0.717, 1.165) is 17.1 Å². The fraction of sp³-hybridized carbons (Fsp3) is 0.267. The number of carbonyl (C=O) groups is 2. The van der Waals surface area contributed by atoms with Gasteiger partial charge in [0.1, 0.15) is 15.6 Å². The molecule has 5 N–H and O–H groups in total. The number of nitrogens with one attached hydrogen (secondary N) is 2. The third-order valence-electron chi connectivity index (χ3n) is 2.98. The van der Waals surface area contributed by atoms with Crippen LogP contribution in [0.4, 0.5) is 9.80 Å². The molecule has 0 spiro atoms. The minimum Gasteiger partial charge on any atom is -0.392 e. The molecule has 1 heterocycles. The summed E-state index contributed by atoms with van der Waals surface area (Å²) in [5, 5.41) is 15.6. The van der Waals surface area contributed by atoms with Gasteiger partial charge >= 0.3 is 6.03 Å². The van der Waals surface area contributed by atoms with Gasteiger partial charge in [-0.2, -0.15) is 4.37 Å². The van der Waals surface area contributed by atoms with Crippen molar-refractivity contribution < 1.29 is 14.7 Å². The van der Waals surface area contributed by atoms with Crippen LogP contribution in [0.5, 0.6) is 0 Å². The Morgan fingerprint density at radius 2 is 2.08 bits per heavy atom. The van der Waals surface area contributed by atoms with Gasteiger partial charge in [0.2, 0.25) is 0 Å². The molecule has 1 aromatic carbocycles. The highest BCUT2D eigenvalue weighted by molar-refractivity contribution is 7.98. The number of nitrogens with zero attached hydrogens (tertiary/aromatic N) is 1. The topological polar surface area (TPSA) is 117 Å². The second-order valence-corrected chi connectivity index (χ2v) is 7.33. The minimum absolute atomic E-state index is 0.0920. The van der Waals surface area contributed by atoms with Gasteiger partial charge in [-0.05, 0) is 36.2 Å². The smallest absolute Gasteiger partial charge is 0.319 e. The first-order valence-corrected chi connectivity index (χ1v) is 9.40. The molecule has 2 rings (SSSR count). The molecule has 1 atom stereocenters. The van der Waals surface area contributed by atoms with Crippen LogP contribution in [0.3, 0.4) is 0 Å². The van der Waals surface area contributed by atoms with Crippen molar-refractivity contribution in [2.75, 3.05) is 11.9 Å². The first-order chi connectivity index (χ1) is 11.9. The Morgan fingerprint density at radius 3 is 2.68 bits per heavy atom. The zero-order valence-electron chi connectivity index (χ0n) is 13.3. The summed E-state index contributed by atoms with van der Waals surface area (Å²) in [6.07, 6.45) is -0.673. The monoisotopic (exact) mass is 400 g/mol. The van der Waals surface area contributed by atoms with Gasteiger partial charge in [-0.25, -0.2) is 4.79 Å². The lowest BCUT2D eigenvalue weighted by molar-refractivity contribution is 0.0998. The Morgan fingerprint density at radius 1 is 1.40 bits per heavy atom. The third-order valence-corrected chi connectivity index (χ3v) is 5.16. The molecular formula is C15H17ClN4O3S2. The van der Waals surface area contributed by atoms with Gasteiger partial charge in [-0.3, -0.25) is 10.1 Å². The lowest BCUT2D eigenvalue weighted by Crippen LogP contribution is -2.34. The van der Waals surface area contributed by atoms with Gasteiger partial charge in [-0.15, -0.1) is 0 Å². The van der Waals surface area contributed by atoms with Gasteiger partial charge in [-0.1, -0.05) is 35.5 Å². The molecule has 25 heavy (non-hydrogen) atoms. The molecule has 7 nitrogen and oxygen atoms in total. The molecule has 1 aromatic heterocycles. The van der Waals surface area contributed by atoms with E-state index in [9.17, 15) is 14.7 Å². The highest BCUT2D eigenvalue weighted by atomic mass is 35.5. The number of anilines is 1. The Balaban J connectivity index is 2.06. The highest BCUT2D eigenvalue weighted by Crippen LogP contribution is 2.33. The van der Waals surface area contributed by atoms with E-state index in [1.54, 1.807) is 19.1 Å². The van der Waals surface area contributed by atoms with Crippen molar-refractivity contribution in [3.63, 3.8) is 0 Å². The van der Waals surface area contributed by atoms with Crippen molar-refractivity contribution in [3.8, 4) is 0 Å². The van der Waals surface area contributed by atoms with E-state index < -0.39 is 18.0 Å². The fourth-order valence-electron chi connectivity index (χ4n) is 1.80. The first-order valence-electron chi connectivity index (χ1n) is 7.26. The van der Waals surface area contributed by atoms with Crippen LogP contribution in [0.25, 0.3) is 0 Å². The molecule has 10 heteroatoms. The number of thioether (sulfide) groups is 1. The summed E-state index contributed by atoms with van der Waals surface area (Å²) in [5.41, 5.74) is 6.62. The predicted octanol–water partition coefficient (Wildman–Crippen LogP) is 2.69. The average molecular weight is 401 g/mol. The van der Waals surface area contributed by atoms with Crippen LogP contribution in [-0.4, -0.2) is 34.1 Å². The third kappa shape index (κ3) is 5.89. The maximum atomic E-state index is 11.8. The number of amides is 3. The number of aliphatic hydroxyl groups is 1. The first kappa shape index (κ1) is 19.5. The van der Waals surface area contributed by atoms with Crippen LogP contribution >= 0.6 is 34.9 Å². The number of hydrogen-bond acceptors (Lipinski definition) is 6. The van der Waals surface area contributed by atoms with Gasteiger partial charge in [0.05, 0.1) is 6.10 Å². The second kappa shape index (κ2) is 9.04. The van der Waals surface area contributed by atoms with Crippen molar-refractivity contribution in [1.82, 2.24) is 9.69 Å². The standard InChI is InChI=1S/C15H17ClN4O3S2/c1-8(21)6-18-15(23)19-13-11(12(17)22)14(20-25-13)24-7-9-2-4-10(16)5-3-9/h2-5,8,21H,6-7H2,1H3,(H2,17,22)(H2,18,19,23). The summed E-state index contributed by atoms with van der Waals surface area (Å²) in [6.45, 7) is 1.64. The number of primary amides is 1. The molecule has 0 aliphatic heterocycles. The van der Waals surface area contributed by atoms with Gasteiger partial charge in [0, 0.05) is 17.3 Å². The highest BCUT2D eigenvalue weighted by Gasteiger charge is 2.21.